The van der Waals surface area contributed by atoms with Crippen molar-refractivity contribution in [1.29, 1.82) is 0 Å². The van der Waals surface area contributed by atoms with Gasteiger partial charge in [-0.2, -0.15) is 0 Å². The molecular formula is C21H30N2O5. The van der Waals surface area contributed by atoms with Crippen molar-refractivity contribution in [3.63, 3.8) is 0 Å². The summed E-state index contributed by atoms with van der Waals surface area (Å²) < 4.78 is 14.8. The van der Waals surface area contributed by atoms with Crippen LogP contribution in [0.1, 0.15) is 67.1 Å². The van der Waals surface area contributed by atoms with Crippen LogP contribution < -0.4 is 5.82 Å². The molecule has 0 aliphatic rings. The standard InChI is InChI=1S/C21H30N2O5/c1-4-23(5-2)13-9-7-6-8-10-18-14-17(11-12-22-18)20(24)26-15-19-16(3)27-21(25)28-19/h11-12,14H,4-10,13,15H2,1-3H3. The molecule has 7 nitrogen and oxygen atoms in total. The third-order valence-corrected chi connectivity index (χ3v) is 4.77. The molecule has 7 heteroatoms. The fourth-order valence-corrected chi connectivity index (χ4v) is 3.00. The van der Waals surface area contributed by atoms with Crippen molar-refractivity contribution in [2.45, 2.75) is 59.5 Å². The predicted molar refractivity (Wildman–Crippen MR) is 105 cm³/mol. The number of aryl methyl sites for hydroxylation is 2. The van der Waals surface area contributed by atoms with Crippen molar-refractivity contribution in [3.8, 4) is 0 Å². The quantitative estimate of drug-likeness (QED) is 0.403. The summed E-state index contributed by atoms with van der Waals surface area (Å²) in [7, 11) is 0. The van der Waals surface area contributed by atoms with E-state index in [1.807, 2.05) is 0 Å². The van der Waals surface area contributed by atoms with E-state index in [0.717, 1.165) is 44.6 Å². The number of esters is 1. The highest BCUT2D eigenvalue weighted by atomic mass is 16.6. The van der Waals surface area contributed by atoms with Gasteiger partial charge < -0.3 is 18.5 Å². The molecule has 0 aliphatic heterocycles. The molecule has 2 aromatic rings. The molecule has 0 bridgehead atoms. The number of hydrogen-bond acceptors (Lipinski definition) is 7. The molecule has 154 valence electrons. The smallest absolute Gasteiger partial charge is 0.454 e. The fraction of sp³-hybridized carbons (Fsp3) is 0.571. The van der Waals surface area contributed by atoms with Crippen LogP contribution in [0, 0.1) is 6.92 Å². The van der Waals surface area contributed by atoms with Crippen LogP contribution in [0.3, 0.4) is 0 Å². The Hall–Kier alpha value is -2.41. The lowest BCUT2D eigenvalue weighted by atomic mass is 10.1. The van der Waals surface area contributed by atoms with E-state index in [4.69, 9.17) is 13.6 Å². The van der Waals surface area contributed by atoms with Gasteiger partial charge in [0.25, 0.3) is 0 Å². The van der Waals surface area contributed by atoms with E-state index in [1.165, 1.54) is 12.8 Å². The van der Waals surface area contributed by atoms with Gasteiger partial charge in [-0.15, -0.1) is 0 Å². The molecule has 0 aliphatic carbocycles. The number of hydrogen-bond donors (Lipinski definition) is 0. The van der Waals surface area contributed by atoms with Crippen molar-refractivity contribution in [2.75, 3.05) is 19.6 Å². The number of aromatic nitrogens is 1. The minimum Gasteiger partial charge on any atom is -0.454 e. The average Bonchev–Trinajstić information content (AvgIpc) is 3.03. The van der Waals surface area contributed by atoms with Crippen molar-refractivity contribution in [1.82, 2.24) is 9.88 Å². The Balaban J connectivity index is 1.74. The molecule has 0 saturated heterocycles. The highest BCUT2D eigenvalue weighted by Crippen LogP contribution is 2.12. The summed E-state index contributed by atoms with van der Waals surface area (Å²) in [5.74, 6) is -0.746. The van der Waals surface area contributed by atoms with Crippen LogP contribution in [0.5, 0.6) is 0 Å². The number of pyridine rings is 1. The first-order chi connectivity index (χ1) is 13.5. The molecule has 2 heterocycles. The van der Waals surface area contributed by atoms with Crippen molar-refractivity contribution in [2.24, 2.45) is 0 Å². The van der Waals surface area contributed by atoms with Gasteiger partial charge >= 0.3 is 11.8 Å². The van der Waals surface area contributed by atoms with Gasteiger partial charge in [0.05, 0.1) is 5.56 Å². The molecule has 2 aromatic heterocycles. The molecule has 2 rings (SSSR count). The van der Waals surface area contributed by atoms with Crippen LogP contribution >= 0.6 is 0 Å². The largest absolute Gasteiger partial charge is 0.519 e. The monoisotopic (exact) mass is 390 g/mol. The van der Waals surface area contributed by atoms with Gasteiger partial charge in [-0.3, -0.25) is 4.98 Å². The fourth-order valence-electron chi connectivity index (χ4n) is 3.00. The summed E-state index contributed by atoms with van der Waals surface area (Å²) in [6.07, 6.45) is 7.07. The minimum atomic E-state index is -0.799. The van der Waals surface area contributed by atoms with E-state index in [9.17, 15) is 9.59 Å². The second kappa shape index (κ2) is 11.4. The van der Waals surface area contributed by atoms with Crippen LogP contribution in [-0.2, 0) is 17.8 Å². The lowest BCUT2D eigenvalue weighted by Gasteiger charge is -2.17. The molecule has 0 N–H and O–H groups in total. The maximum Gasteiger partial charge on any atom is 0.519 e. The van der Waals surface area contributed by atoms with Crippen LogP contribution in [0.4, 0.5) is 0 Å². The van der Waals surface area contributed by atoms with E-state index >= 15 is 0 Å². The zero-order valence-electron chi connectivity index (χ0n) is 17.0. The molecule has 0 spiro atoms. The zero-order chi connectivity index (χ0) is 20.4. The van der Waals surface area contributed by atoms with E-state index in [1.54, 1.807) is 25.3 Å². The number of nitrogens with zero attached hydrogens (tertiary/aromatic N) is 2. The highest BCUT2D eigenvalue weighted by Gasteiger charge is 2.13. The van der Waals surface area contributed by atoms with Crippen LogP contribution in [0.2, 0.25) is 0 Å². The highest BCUT2D eigenvalue weighted by molar-refractivity contribution is 5.89. The topological polar surface area (TPSA) is 85.8 Å². The van der Waals surface area contributed by atoms with Crippen molar-refractivity contribution >= 4 is 5.97 Å². The van der Waals surface area contributed by atoms with Gasteiger partial charge in [-0.1, -0.05) is 26.7 Å². The van der Waals surface area contributed by atoms with Gasteiger partial charge in [0.15, 0.2) is 18.1 Å². The number of ether oxygens (including phenoxy) is 1. The van der Waals surface area contributed by atoms with Gasteiger partial charge in [0, 0.05) is 11.9 Å². The Labute approximate surface area is 165 Å². The van der Waals surface area contributed by atoms with E-state index < -0.39 is 11.8 Å². The van der Waals surface area contributed by atoms with E-state index in [-0.39, 0.29) is 12.4 Å². The SMILES string of the molecule is CCN(CC)CCCCCCc1cc(C(=O)OCc2oc(=O)oc2C)ccn1. The lowest BCUT2D eigenvalue weighted by Crippen LogP contribution is -2.23. The van der Waals surface area contributed by atoms with Crippen LogP contribution in [0.15, 0.2) is 32.0 Å². The Kier molecular flexibility index (Phi) is 8.94. The molecule has 0 aromatic carbocycles. The van der Waals surface area contributed by atoms with Crippen molar-refractivity contribution < 1.29 is 18.4 Å². The summed E-state index contributed by atoms with van der Waals surface area (Å²) in [6, 6.07) is 3.38. The second-order valence-corrected chi connectivity index (χ2v) is 6.74. The predicted octanol–water partition coefficient (Wildman–Crippen LogP) is 3.74. The Morgan fingerprint density at radius 3 is 2.57 bits per heavy atom. The first-order valence-electron chi connectivity index (χ1n) is 9.97. The Bertz CT molecular complexity index is 792. The summed E-state index contributed by atoms with van der Waals surface area (Å²) >= 11 is 0. The summed E-state index contributed by atoms with van der Waals surface area (Å²) in [4.78, 5) is 30.0. The number of unbranched alkanes of at least 4 members (excludes halogenated alkanes) is 3. The number of carbonyl (C=O) groups is 1. The first kappa shape index (κ1) is 21.9. The van der Waals surface area contributed by atoms with Crippen LogP contribution in [-0.4, -0.2) is 35.5 Å². The molecular weight excluding hydrogens is 360 g/mol. The maximum atomic E-state index is 12.2. The number of rotatable bonds is 12. The summed E-state index contributed by atoms with van der Waals surface area (Å²) in [5.41, 5.74) is 1.32. The third kappa shape index (κ3) is 6.96. The first-order valence-corrected chi connectivity index (χ1v) is 9.97. The van der Waals surface area contributed by atoms with E-state index in [2.05, 4.69) is 23.7 Å². The van der Waals surface area contributed by atoms with Crippen LogP contribution in [0.25, 0.3) is 0 Å². The van der Waals surface area contributed by atoms with Gasteiger partial charge in [0.1, 0.15) is 0 Å². The second-order valence-electron chi connectivity index (χ2n) is 6.74. The maximum absolute atomic E-state index is 12.2. The molecule has 28 heavy (non-hydrogen) atoms. The molecule has 0 radical (unpaired) electrons. The van der Waals surface area contributed by atoms with Crippen molar-refractivity contribution in [3.05, 3.63) is 51.7 Å². The molecule has 0 atom stereocenters. The third-order valence-electron chi connectivity index (χ3n) is 4.77. The minimum absolute atomic E-state index is 0.138. The summed E-state index contributed by atoms with van der Waals surface area (Å²) in [5, 5.41) is 0. The number of carbonyl (C=O) groups excluding carboxylic acids is 1. The van der Waals surface area contributed by atoms with E-state index in [0.29, 0.717) is 11.3 Å². The Morgan fingerprint density at radius 2 is 1.89 bits per heavy atom. The molecule has 0 unspecified atom stereocenters. The summed E-state index contributed by atoms with van der Waals surface area (Å²) in [6.45, 7) is 9.20. The average molecular weight is 390 g/mol. The Morgan fingerprint density at radius 1 is 1.14 bits per heavy atom. The van der Waals surface area contributed by atoms with Gasteiger partial charge in [0.2, 0.25) is 0 Å². The van der Waals surface area contributed by atoms with Gasteiger partial charge in [-0.05, 0) is 58.0 Å². The lowest BCUT2D eigenvalue weighted by molar-refractivity contribution is 0.0442. The van der Waals surface area contributed by atoms with Gasteiger partial charge in [-0.25, -0.2) is 9.59 Å². The molecule has 0 saturated carbocycles. The zero-order valence-corrected chi connectivity index (χ0v) is 17.0. The molecule has 0 amide bonds. The normalized spacial score (nSPS) is 11.1. The molecule has 0 fully saturated rings.